The van der Waals surface area contributed by atoms with Gasteiger partial charge >= 0.3 is 18.5 Å². The summed E-state index contributed by atoms with van der Waals surface area (Å²) in [6.45, 7) is -0.422. The second-order valence-electron chi connectivity index (χ2n) is 15.3. The van der Waals surface area contributed by atoms with Crippen molar-refractivity contribution in [1.29, 1.82) is 0 Å². The number of nitrogens with one attached hydrogen (secondary N) is 1. The van der Waals surface area contributed by atoms with Crippen LogP contribution in [0.4, 0.5) is 51.0 Å². The van der Waals surface area contributed by atoms with Gasteiger partial charge in [0.05, 0.1) is 57.2 Å². The van der Waals surface area contributed by atoms with Gasteiger partial charge in [-0.2, -0.15) is 44.5 Å². The van der Waals surface area contributed by atoms with E-state index < -0.39 is 110 Å². The number of fused-ring (bicyclic) bond motifs is 4. The average molecular weight is 928 g/mol. The number of benzene rings is 3. The quantitative estimate of drug-likeness (QED) is 0.102. The molecule has 21 heteroatoms. The first kappa shape index (κ1) is 44.0. The third kappa shape index (κ3) is 7.36. The van der Waals surface area contributed by atoms with E-state index in [4.69, 9.17) is 27.9 Å². The van der Waals surface area contributed by atoms with Gasteiger partial charge in [-0.25, -0.2) is 9.88 Å². The predicted octanol–water partition coefficient (Wildman–Crippen LogP) is 9.01. The summed E-state index contributed by atoms with van der Waals surface area (Å²) in [6, 6.07) is 12.9. The SMILES string of the molecule is O=C1[C@@H]2C[C@@H]3C(=CC[C@@H]4C(=O)N(c5cc(C(F)(F)F)cc(C(F)(F)F)c5)C(=O)[C@@H]43)[C@H](c3ccc(OCCO)cc3)[C@]2(c2ccc(Cl)cc2)C(=O)N1Nc1ncc(C(F)(F)F)cc1Cl. The first-order valence-corrected chi connectivity index (χ1v) is 19.7. The van der Waals surface area contributed by atoms with Gasteiger partial charge in [-0.3, -0.25) is 24.6 Å². The number of rotatable bonds is 8. The molecule has 3 fully saturated rings. The van der Waals surface area contributed by atoms with Gasteiger partial charge in [-0.05, 0) is 78.4 Å². The molecule has 10 nitrogen and oxygen atoms in total. The number of hydrazine groups is 1. The van der Waals surface area contributed by atoms with Crippen molar-refractivity contribution in [3.05, 3.63) is 129 Å². The molecule has 6 atom stereocenters. The molecule has 63 heavy (non-hydrogen) atoms. The Bertz CT molecular complexity index is 2540. The van der Waals surface area contributed by atoms with E-state index in [0.717, 1.165) is 0 Å². The van der Waals surface area contributed by atoms with Crippen LogP contribution >= 0.6 is 23.2 Å². The Morgan fingerprint density at radius 3 is 1.97 bits per heavy atom. The van der Waals surface area contributed by atoms with Gasteiger partial charge in [0.2, 0.25) is 11.8 Å². The predicted molar refractivity (Wildman–Crippen MR) is 205 cm³/mol. The van der Waals surface area contributed by atoms with Gasteiger partial charge in [-0.15, -0.1) is 0 Å². The first-order chi connectivity index (χ1) is 29.6. The minimum atomic E-state index is -5.31. The molecule has 4 amide bonds. The Kier molecular flexibility index (Phi) is 10.9. The van der Waals surface area contributed by atoms with E-state index in [9.17, 15) is 59.0 Å². The van der Waals surface area contributed by atoms with E-state index in [1.54, 1.807) is 18.2 Å². The molecule has 0 radical (unpaired) electrons. The molecule has 0 spiro atoms. The Morgan fingerprint density at radius 2 is 1.40 bits per heavy atom. The summed E-state index contributed by atoms with van der Waals surface area (Å²) in [7, 11) is 0. The van der Waals surface area contributed by atoms with Crippen molar-refractivity contribution in [1.82, 2.24) is 9.99 Å². The molecular weight excluding hydrogens is 898 g/mol. The maximum Gasteiger partial charge on any atom is 0.417 e. The maximum atomic E-state index is 15.3. The van der Waals surface area contributed by atoms with Crippen LogP contribution in [0.15, 0.2) is 90.6 Å². The highest BCUT2D eigenvalue weighted by Gasteiger charge is 2.70. The summed E-state index contributed by atoms with van der Waals surface area (Å²) in [5.41, 5.74) is -4.29. The molecule has 0 bridgehead atoms. The molecule has 4 aromatic rings. The molecule has 4 aliphatic rings. The number of ether oxygens (including phenoxy) is 1. The van der Waals surface area contributed by atoms with Crippen LogP contribution < -0.4 is 15.1 Å². The van der Waals surface area contributed by atoms with Crippen LogP contribution in [-0.4, -0.2) is 51.9 Å². The number of pyridine rings is 1. The summed E-state index contributed by atoms with van der Waals surface area (Å²) in [4.78, 5) is 62.9. The topological polar surface area (TPSA) is 129 Å². The van der Waals surface area contributed by atoms with Crippen LogP contribution in [0.2, 0.25) is 10.0 Å². The lowest BCUT2D eigenvalue weighted by molar-refractivity contribution is -0.143. The number of imide groups is 2. The Labute approximate surface area is 360 Å². The fourth-order valence-electron chi connectivity index (χ4n) is 9.40. The monoisotopic (exact) mass is 926 g/mol. The summed E-state index contributed by atoms with van der Waals surface area (Å²) < 4.78 is 130. The minimum Gasteiger partial charge on any atom is -0.491 e. The second kappa shape index (κ2) is 15.5. The summed E-state index contributed by atoms with van der Waals surface area (Å²) >= 11 is 12.5. The van der Waals surface area contributed by atoms with Crippen molar-refractivity contribution in [3.63, 3.8) is 0 Å². The van der Waals surface area contributed by atoms with Gasteiger partial charge in [0.1, 0.15) is 12.4 Å². The van der Waals surface area contributed by atoms with Crippen molar-refractivity contribution >= 4 is 58.3 Å². The summed E-state index contributed by atoms with van der Waals surface area (Å²) in [5, 5.41) is 9.48. The van der Waals surface area contributed by atoms with Crippen LogP contribution in [0.1, 0.15) is 46.6 Å². The van der Waals surface area contributed by atoms with Crippen molar-refractivity contribution in [2.24, 2.45) is 23.7 Å². The number of hydrogen-bond acceptors (Lipinski definition) is 8. The summed E-state index contributed by atoms with van der Waals surface area (Å²) in [6.07, 6.45) is -14.1. The highest BCUT2D eigenvalue weighted by Crippen LogP contribution is 2.64. The molecule has 2 N–H and O–H groups in total. The van der Waals surface area contributed by atoms with Crippen molar-refractivity contribution < 1.29 is 68.5 Å². The number of carbonyl (C=O) groups excluding carboxylic acids is 4. The number of aliphatic hydroxyl groups is 1. The third-order valence-electron chi connectivity index (χ3n) is 12.0. The zero-order valence-corrected chi connectivity index (χ0v) is 33.3. The van der Waals surface area contributed by atoms with Crippen LogP contribution in [-0.2, 0) is 43.1 Å². The number of anilines is 2. The average Bonchev–Trinajstić information content (AvgIpc) is 3.60. The highest BCUT2D eigenvalue weighted by atomic mass is 35.5. The van der Waals surface area contributed by atoms with Crippen LogP contribution in [0, 0.1) is 23.7 Å². The molecule has 2 aliphatic carbocycles. The highest BCUT2D eigenvalue weighted by molar-refractivity contribution is 6.33. The number of nitrogens with zero attached hydrogens (tertiary/aromatic N) is 3. The fraction of sp³-hybridized carbons (Fsp3) is 0.310. The fourth-order valence-corrected chi connectivity index (χ4v) is 9.73. The van der Waals surface area contributed by atoms with E-state index in [1.165, 1.54) is 36.4 Å². The molecule has 3 aromatic carbocycles. The Morgan fingerprint density at radius 1 is 0.778 bits per heavy atom. The Balaban J connectivity index is 1.29. The number of allylic oxidation sites excluding steroid dienone is 2. The van der Waals surface area contributed by atoms with Gasteiger partial charge < -0.3 is 9.84 Å². The lowest BCUT2D eigenvalue weighted by atomic mass is 9.49. The lowest BCUT2D eigenvalue weighted by Gasteiger charge is -2.50. The van der Waals surface area contributed by atoms with Crippen LogP contribution in [0.25, 0.3) is 0 Å². The number of amides is 4. The summed E-state index contributed by atoms with van der Waals surface area (Å²) in [5.74, 6) is -10.9. The van der Waals surface area contributed by atoms with Crippen molar-refractivity contribution in [2.75, 3.05) is 23.5 Å². The van der Waals surface area contributed by atoms with E-state index in [-0.39, 0.29) is 60.6 Å². The Hall–Kier alpha value is -5.66. The lowest BCUT2D eigenvalue weighted by Crippen LogP contribution is -2.53. The minimum absolute atomic E-state index is 0.0903. The van der Waals surface area contributed by atoms with Crippen molar-refractivity contribution in [2.45, 2.75) is 42.7 Å². The molecule has 2 saturated heterocycles. The molecule has 8 rings (SSSR count). The van der Waals surface area contributed by atoms with E-state index in [1.807, 2.05) is 0 Å². The number of carbonyl (C=O) groups is 4. The van der Waals surface area contributed by atoms with Crippen LogP contribution in [0.3, 0.4) is 0 Å². The molecule has 1 aromatic heterocycles. The van der Waals surface area contributed by atoms with E-state index in [2.05, 4.69) is 10.4 Å². The number of aromatic nitrogens is 1. The maximum absolute atomic E-state index is 15.3. The van der Waals surface area contributed by atoms with E-state index in [0.29, 0.717) is 33.3 Å². The third-order valence-corrected chi connectivity index (χ3v) is 12.5. The molecule has 1 saturated carbocycles. The molecule has 3 heterocycles. The van der Waals surface area contributed by atoms with Gasteiger partial charge in [0.15, 0.2) is 5.82 Å². The van der Waals surface area contributed by atoms with Gasteiger partial charge in [-0.1, -0.05) is 59.1 Å². The number of halogens is 11. The van der Waals surface area contributed by atoms with E-state index >= 15 is 4.79 Å². The smallest absolute Gasteiger partial charge is 0.417 e. The second-order valence-corrected chi connectivity index (χ2v) is 16.2. The number of aliphatic hydroxyl groups excluding tert-OH is 1. The zero-order valence-electron chi connectivity index (χ0n) is 31.8. The molecule has 2 aliphatic heterocycles. The van der Waals surface area contributed by atoms with Crippen molar-refractivity contribution in [3.8, 4) is 5.75 Å². The molecule has 0 unspecified atom stereocenters. The van der Waals surface area contributed by atoms with Gasteiger partial charge in [0.25, 0.3) is 11.8 Å². The normalized spacial score (nSPS) is 24.9. The standard InChI is InChI=1S/C42H29Cl2F9N4O6/c43-24-5-3-20(4-6-24)39-30(36(60)57(38(39)62)55-34-31(44)16-23(18-54-34)42(51,52)53)17-29-27(33(39)19-1-7-26(8-2-19)63-12-11-58)9-10-28-32(29)37(61)56(35(28)59)25-14-21(40(45,46)47)13-22(15-25)41(48,49)50/h1-9,13-16,18,28-30,32-33,58H,10-12,17H2,(H,54,55)/t28-,29+,30-,32-,33-,39+/m0/s1. The van der Waals surface area contributed by atoms with Crippen LogP contribution in [0.5, 0.6) is 5.75 Å². The zero-order chi connectivity index (χ0) is 45.6. The number of alkyl halides is 9. The molecular formula is C42H29Cl2F9N4O6. The molecule has 330 valence electrons. The number of hydrogen-bond donors (Lipinski definition) is 2. The largest absolute Gasteiger partial charge is 0.491 e. The van der Waals surface area contributed by atoms with Gasteiger partial charge in [0, 0.05) is 17.1 Å². The first-order valence-electron chi connectivity index (χ1n) is 18.9.